The van der Waals surface area contributed by atoms with Crippen LogP contribution in [0.2, 0.25) is 5.28 Å². The number of thiophene rings is 1. The summed E-state index contributed by atoms with van der Waals surface area (Å²) in [4.78, 5) is 15.0. The standard InChI is InChI=1S/C13H18ClN5S/c1-4-7-15-12-17-11(14)18-13(19-12)16-9(3)10-6-5-8(2)20-10/h5-6,9H,4,7H2,1-3H3,(H2,15,16,17,18,19). The van der Waals surface area contributed by atoms with Crippen LogP contribution in [0.4, 0.5) is 11.9 Å². The number of nitrogens with zero attached hydrogens (tertiary/aromatic N) is 3. The molecule has 0 aliphatic carbocycles. The Balaban J connectivity index is 2.10. The molecule has 2 heterocycles. The van der Waals surface area contributed by atoms with Gasteiger partial charge in [-0.25, -0.2) is 0 Å². The van der Waals surface area contributed by atoms with E-state index in [0.29, 0.717) is 11.9 Å². The van der Waals surface area contributed by atoms with E-state index in [1.807, 2.05) is 0 Å². The Labute approximate surface area is 127 Å². The third kappa shape index (κ3) is 4.05. The predicted octanol–water partition coefficient (Wildman–Crippen LogP) is 3.89. The smallest absolute Gasteiger partial charge is 0.229 e. The Bertz CT molecular complexity index is 572. The summed E-state index contributed by atoms with van der Waals surface area (Å²) >= 11 is 7.68. The van der Waals surface area contributed by atoms with E-state index in [0.717, 1.165) is 13.0 Å². The van der Waals surface area contributed by atoms with Crippen molar-refractivity contribution in [2.75, 3.05) is 17.2 Å². The Morgan fingerprint density at radius 3 is 2.65 bits per heavy atom. The molecule has 0 saturated carbocycles. The third-order valence-electron chi connectivity index (χ3n) is 2.67. The van der Waals surface area contributed by atoms with Gasteiger partial charge in [0.15, 0.2) is 0 Å². The first-order chi connectivity index (χ1) is 9.58. The van der Waals surface area contributed by atoms with Crippen LogP contribution in [-0.2, 0) is 0 Å². The van der Waals surface area contributed by atoms with Gasteiger partial charge in [0, 0.05) is 16.3 Å². The zero-order chi connectivity index (χ0) is 14.5. The van der Waals surface area contributed by atoms with E-state index in [4.69, 9.17) is 11.6 Å². The second kappa shape index (κ2) is 6.85. The summed E-state index contributed by atoms with van der Waals surface area (Å²) in [5.41, 5.74) is 0. The molecule has 5 nitrogen and oxygen atoms in total. The molecule has 7 heteroatoms. The van der Waals surface area contributed by atoms with Gasteiger partial charge in [-0.2, -0.15) is 15.0 Å². The molecule has 2 aromatic rings. The van der Waals surface area contributed by atoms with Gasteiger partial charge in [0.2, 0.25) is 17.2 Å². The van der Waals surface area contributed by atoms with Gasteiger partial charge in [-0.05, 0) is 44.0 Å². The second-order valence-electron chi connectivity index (χ2n) is 4.49. The van der Waals surface area contributed by atoms with Crippen molar-refractivity contribution < 1.29 is 0 Å². The lowest BCUT2D eigenvalue weighted by molar-refractivity contribution is 0.866. The molecule has 0 saturated heterocycles. The van der Waals surface area contributed by atoms with Gasteiger partial charge in [-0.15, -0.1) is 11.3 Å². The summed E-state index contributed by atoms with van der Waals surface area (Å²) in [6.07, 6.45) is 0.997. The number of aromatic nitrogens is 3. The average molecular weight is 312 g/mol. The van der Waals surface area contributed by atoms with Crippen LogP contribution in [0.5, 0.6) is 0 Å². The zero-order valence-corrected chi connectivity index (χ0v) is 13.3. The average Bonchev–Trinajstić information content (AvgIpc) is 2.82. The third-order valence-corrected chi connectivity index (χ3v) is 4.03. The number of aryl methyl sites for hydroxylation is 1. The first-order valence-corrected chi connectivity index (χ1v) is 7.76. The maximum absolute atomic E-state index is 5.92. The largest absolute Gasteiger partial charge is 0.354 e. The van der Waals surface area contributed by atoms with E-state index in [2.05, 4.69) is 58.5 Å². The molecule has 0 aliphatic heterocycles. The summed E-state index contributed by atoms with van der Waals surface area (Å²) in [6, 6.07) is 4.34. The SMILES string of the molecule is CCCNc1nc(Cl)nc(NC(C)c2ccc(C)s2)n1. The zero-order valence-electron chi connectivity index (χ0n) is 11.8. The van der Waals surface area contributed by atoms with Gasteiger partial charge in [-0.3, -0.25) is 0 Å². The fourth-order valence-electron chi connectivity index (χ4n) is 1.68. The highest BCUT2D eigenvalue weighted by Gasteiger charge is 2.11. The molecule has 108 valence electrons. The van der Waals surface area contributed by atoms with Gasteiger partial charge in [0.25, 0.3) is 0 Å². The summed E-state index contributed by atoms with van der Waals surface area (Å²) in [7, 11) is 0. The summed E-state index contributed by atoms with van der Waals surface area (Å²) in [6.45, 7) is 7.05. The normalized spacial score (nSPS) is 12.2. The van der Waals surface area contributed by atoms with Crippen molar-refractivity contribution in [2.45, 2.75) is 33.2 Å². The Hall–Kier alpha value is -1.40. The van der Waals surface area contributed by atoms with Crippen LogP contribution in [0.1, 0.15) is 36.1 Å². The van der Waals surface area contributed by atoms with Crippen LogP contribution in [0.25, 0.3) is 0 Å². The van der Waals surface area contributed by atoms with Crippen molar-refractivity contribution in [1.29, 1.82) is 0 Å². The molecule has 0 bridgehead atoms. The van der Waals surface area contributed by atoms with Crippen molar-refractivity contribution in [1.82, 2.24) is 15.0 Å². The monoisotopic (exact) mass is 311 g/mol. The molecule has 0 radical (unpaired) electrons. The highest BCUT2D eigenvalue weighted by Crippen LogP contribution is 2.25. The Kier molecular flexibility index (Phi) is 5.14. The molecule has 0 aromatic carbocycles. The number of hydrogen-bond donors (Lipinski definition) is 2. The van der Waals surface area contributed by atoms with Crippen LogP contribution in [0.15, 0.2) is 12.1 Å². The fourth-order valence-corrected chi connectivity index (χ4v) is 2.72. The lowest BCUT2D eigenvalue weighted by Gasteiger charge is -2.13. The van der Waals surface area contributed by atoms with Crippen molar-refractivity contribution in [3.05, 3.63) is 27.2 Å². The molecule has 1 unspecified atom stereocenters. The summed E-state index contributed by atoms with van der Waals surface area (Å²) in [5.74, 6) is 0.992. The van der Waals surface area contributed by atoms with Gasteiger partial charge >= 0.3 is 0 Å². The van der Waals surface area contributed by atoms with E-state index in [1.54, 1.807) is 11.3 Å². The molecule has 0 fully saturated rings. The molecular weight excluding hydrogens is 294 g/mol. The number of anilines is 2. The summed E-state index contributed by atoms with van der Waals surface area (Å²) in [5, 5.41) is 6.55. The van der Waals surface area contributed by atoms with Crippen molar-refractivity contribution in [3.8, 4) is 0 Å². The van der Waals surface area contributed by atoms with E-state index in [9.17, 15) is 0 Å². The number of hydrogen-bond acceptors (Lipinski definition) is 6. The highest BCUT2D eigenvalue weighted by molar-refractivity contribution is 7.12. The molecule has 2 rings (SSSR count). The maximum atomic E-state index is 5.92. The topological polar surface area (TPSA) is 62.7 Å². The highest BCUT2D eigenvalue weighted by atomic mass is 35.5. The molecule has 0 aliphatic rings. The van der Waals surface area contributed by atoms with Crippen LogP contribution < -0.4 is 10.6 Å². The minimum absolute atomic E-state index is 0.131. The molecule has 0 spiro atoms. The van der Waals surface area contributed by atoms with Gasteiger partial charge in [0.05, 0.1) is 6.04 Å². The quantitative estimate of drug-likeness (QED) is 0.847. The van der Waals surface area contributed by atoms with Gasteiger partial charge in [-0.1, -0.05) is 6.92 Å². The van der Waals surface area contributed by atoms with Crippen molar-refractivity contribution in [3.63, 3.8) is 0 Å². The maximum Gasteiger partial charge on any atom is 0.229 e. The lowest BCUT2D eigenvalue weighted by atomic mass is 10.3. The minimum Gasteiger partial charge on any atom is -0.354 e. The lowest BCUT2D eigenvalue weighted by Crippen LogP contribution is -2.12. The van der Waals surface area contributed by atoms with E-state index < -0.39 is 0 Å². The van der Waals surface area contributed by atoms with Crippen molar-refractivity contribution in [2.24, 2.45) is 0 Å². The Morgan fingerprint density at radius 2 is 2.00 bits per heavy atom. The molecule has 20 heavy (non-hydrogen) atoms. The molecule has 2 aromatic heterocycles. The van der Waals surface area contributed by atoms with E-state index >= 15 is 0 Å². The Morgan fingerprint density at radius 1 is 1.25 bits per heavy atom. The van der Waals surface area contributed by atoms with Gasteiger partial charge in [0.1, 0.15) is 0 Å². The molecular formula is C13H18ClN5S. The number of nitrogens with one attached hydrogen (secondary N) is 2. The number of rotatable bonds is 6. The summed E-state index contributed by atoms with van der Waals surface area (Å²) < 4.78 is 0. The molecule has 1 atom stereocenters. The van der Waals surface area contributed by atoms with Crippen molar-refractivity contribution >= 4 is 34.8 Å². The molecule has 2 N–H and O–H groups in total. The van der Waals surface area contributed by atoms with Crippen LogP contribution in [-0.4, -0.2) is 21.5 Å². The minimum atomic E-state index is 0.131. The first kappa shape index (κ1) is 15.0. The fraction of sp³-hybridized carbons (Fsp3) is 0.462. The van der Waals surface area contributed by atoms with Crippen LogP contribution in [0, 0.1) is 6.92 Å². The number of halogens is 1. The van der Waals surface area contributed by atoms with Crippen LogP contribution in [0.3, 0.4) is 0 Å². The van der Waals surface area contributed by atoms with E-state index in [-0.39, 0.29) is 11.3 Å². The second-order valence-corrected chi connectivity index (χ2v) is 6.15. The van der Waals surface area contributed by atoms with Gasteiger partial charge < -0.3 is 10.6 Å². The van der Waals surface area contributed by atoms with E-state index in [1.165, 1.54) is 9.75 Å². The predicted molar refractivity (Wildman–Crippen MR) is 84.7 cm³/mol. The molecule has 0 amide bonds. The first-order valence-electron chi connectivity index (χ1n) is 6.56. The van der Waals surface area contributed by atoms with Crippen LogP contribution >= 0.6 is 22.9 Å².